The summed E-state index contributed by atoms with van der Waals surface area (Å²) in [5.41, 5.74) is 2.47. The van der Waals surface area contributed by atoms with Crippen LogP contribution < -0.4 is 0 Å². The Kier molecular flexibility index (Phi) is 4.32. The Bertz CT molecular complexity index is 956. The van der Waals surface area contributed by atoms with Crippen molar-refractivity contribution in [3.63, 3.8) is 0 Å². The molecule has 2 aliphatic rings. The highest BCUT2D eigenvalue weighted by molar-refractivity contribution is 6.28. The second kappa shape index (κ2) is 6.36. The number of piperidine rings is 1. The van der Waals surface area contributed by atoms with Gasteiger partial charge in [-0.3, -0.25) is 9.59 Å². The maximum atomic E-state index is 13.0. The number of benzene rings is 2. The molecule has 1 N–H and O–H groups in total. The third-order valence-corrected chi connectivity index (χ3v) is 6.24. The monoisotopic (exact) mass is 377 g/mol. The van der Waals surface area contributed by atoms with Crippen LogP contribution in [0.1, 0.15) is 77.9 Å². The van der Waals surface area contributed by atoms with E-state index in [1.54, 1.807) is 30.3 Å². The van der Waals surface area contributed by atoms with Crippen molar-refractivity contribution in [2.24, 2.45) is 5.92 Å². The molecule has 2 aromatic carbocycles. The van der Waals surface area contributed by atoms with E-state index < -0.39 is 0 Å². The number of fused-ring (bicyclic) bond motifs is 2. The summed E-state index contributed by atoms with van der Waals surface area (Å²) in [5, 5.41) is 12.0. The largest absolute Gasteiger partial charge is 0.313 e. The molecule has 1 heterocycles. The quantitative estimate of drug-likeness (QED) is 0.705. The fraction of sp³-hybridized carbons (Fsp3) is 0.417. The molecule has 0 bridgehead atoms. The normalized spacial score (nSPS) is 21.3. The molecule has 0 unspecified atom stereocenters. The van der Waals surface area contributed by atoms with Crippen molar-refractivity contribution in [3.8, 4) is 0 Å². The Morgan fingerprint density at radius 2 is 1.36 bits per heavy atom. The predicted molar refractivity (Wildman–Crippen MR) is 108 cm³/mol. The number of hydroxylamine groups is 2. The zero-order valence-electron chi connectivity index (χ0n) is 17.0. The van der Waals surface area contributed by atoms with Crippen LogP contribution in [0.25, 0.3) is 0 Å². The molecule has 1 aliphatic heterocycles. The molecule has 1 aliphatic carbocycles. The number of hydrogen-bond donors (Lipinski definition) is 1. The molecule has 4 rings (SSSR count). The molecule has 0 atom stereocenters. The summed E-state index contributed by atoms with van der Waals surface area (Å²) in [4.78, 5) is 25.7. The van der Waals surface area contributed by atoms with Crippen LogP contribution in [0.2, 0.25) is 0 Å². The van der Waals surface area contributed by atoms with Gasteiger partial charge >= 0.3 is 0 Å². The van der Waals surface area contributed by atoms with Crippen LogP contribution >= 0.6 is 0 Å². The van der Waals surface area contributed by atoms with E-state index in [0.717, 1.165) is 24.8 Å². The molecule has 0 radical (unpaired) electrons. The first kappa shape index (κ1) is 19.0. The molecule has 28 heavy (non-hydrogen) atoms. The number of rotatable bonds is 2. The number of hydrogen-bond acceptors (Lipinski definition) is 4. The average Bonchev–Trinajstić information content (AvgIpc) is 2.63. The van der Waals surface area contributed by atoms with Gasteiger partial charge in [0.1, 0.15) is 0 Å². The van der Waals surface area contributed by atoms with Crippen LogP contribution in [0.3, 0.4) is 0 Å². The SMILES string of the molecule is CC1(C)CC(Cc2ccc3c(c2)C(=O)c2ccccc2C3=O)CC(C)(C)N1O. The summed E-state index contributed by atoms with van der Waals surface area (Å²) in [6, 6.07) is 12.7. The summed E-state index contributed by atoms with van der Waals surface area (Å²) in [5.74, 6) is 0.249. The molecule has 1 fully saturated rings. The molecule has 146 valence electrons. The highest BCUT2D eigenvalue weighted by atomic mass is 16.5. The van der Waals surface area contributed by atoms with Gasteiger partial charge in [-0.05, 0) is 64.5 Å². The van der Waals surface area contributed by atoms with E-state index in [9.17, 15) is 14.8 Å². The van der Waals surface area contributed by atoms with Crippen molar-refractivity contribution in [2.45, 2.75) is 58.0 Å². The van der Waals surface area contributed by atoms with Crippen molar-refractivity contribution >= 4 is 11.6 Å². The van der Waals surface area contributed by atoms with Gasteiger partial charge in [0.25, 0.3) is 0 Å². The van der Waals surface area contributed by atoms with Crippen molar-refractivity contribution < 1.29 is 14.8 Å². The molecule has 2 aromatic rings. The Hall–Kier alpha value is -2.30. The van der Waals surface area contributed by atoms with Gasteiger partial charge in [-0.25, -0.2) is 0 Å². The van der Waals surface area contributed by atoms with E-state index in [-0.39, 0.29) is 22.6 Å². The summed E-state index contributed by atoms with van der Waals surface area (Å²) >= 11 is 0. The fourth-order valence-electron chi connectivity index (χ4n) is 5.23. The highest BCUT2D eigenvalue weighted by Crippen LogP contribution is 2.41. The average molecular weight is 377 g/mol. The fourth-order valence-corrected chi connectivity index (χ4v) is 5.23. The maximum absolute atomic E-state index is 13.0. The smallest absolute Gasteiger partial charge is 0.194 e. The number of carbonyl (C=O) groups is 2. The number of carbonyl (C=O) groups excluding carboxylic acids is 2. The zero-order chi connectivity index (χ0) is 20.3. The summed E-state index contributed by atoms with van der Waals surface area (Å²) in [6.45, 7) is 8.25. The van der Waals surface area contributed by atoms with Gasteiger partial charge in [-0.15, -0.1) is 0 Å². The molecule has 0 aromatic heterocycles. The first-order chi connectivity index (χ1) is 13.1. The lowest BCUT2D eigenvalue weighted by atomic mass is 9.73. The van der Waals surface area contributed by atoms with E-state index in [2.05, 4.69) is 27.7 Å². The van der Waals surface area contributed by atoms with Crippen LogP contribution in [0.5, 0.6) is 0 Å². The van der Waals surface area contributed by atoms with E-state index >= 15 is 0 Å². The van der Waals surface area contributed by atoms with Crippen LogP contribution in [-0.4, -0.2) is 32.9 Å². The Labute approximate surface area is 166 Å². The van der Waals surface area contributed by atoms with Gasteiger partial charge in [0, 0.05) is 33.3 Å². The Morgan fingerprint density at radius 3 is 1.93 bits per heavy atom. The summed E-state index contributed by atoms with van der Waals surface area (Å²) in [6.07, 6.45) is 2.58. The number of ketones is 2. The van der Waals surface area contributed by atoms with Gasteiger partial charge in [-0.2, -0.15) is 5.06 Å². The lowest BCUT2D eigenvalue weighted by molar-refractivity contribution is -0.250. The van der Waals surface area contributed by atoms with E-state index in [1.807, 2.05) is 12.1 Å². The van der Waals surface area contributed by atoms with Crippen LogP contribution in [0.4, 0.5) is 0 Å². The minimum atomic E-state index is -0.300. The van der Waals surface area contributed by atoms with Crippen LogP contribution in [0, 0.1) is 5.92 Å². The van der Waals surface area contributed by atoms with Crippen molar-refractivity contribution in [1.82, 2.24) is 5.06 Å². The third kappa shape index (κ3) is 3.01. The van der Waals surface area contributed by atoms with Gasteiger partial charge in [0.15, 0.2) is 11.6 Å². The topological polar surface area (TPSA) is 57.6 Å². The maximum Gasteiger partial charge on any atom is 0.194 e. The molecular formula is C24H27NO3. The van der Waals surface area contributed by atoms with Crippen molar-refractivity contribution in [2.75, 3.05) is 0 Å². The second-order valence-electron chi connectivity index (χ2n) is 9.50. The molecule has 1 saturated heterocycles. The van der Waals surface area contributed by atoms with E-state index in [4.69, 9.17) is 0 Å². The highest BCUT2D eigenvalue weighted by Gasteiger charge is 2.44. The second-order valence-corrected chi connectivity index (χ2v) is 9.50. The molecule has 4 heteroatoms. The summed E-state index contributed by atoms with van der Waals surface area (Å²) in [7, 11) is 0. The van der Waals surface area contributed by atoms with Crippen LogP contribution in [0.15, 0.2) is 42.5 Å². The van der Waals surface area contributed by atoms with Gasteiger partial charge in [-0.1, -0.05) is 36.4 Å². The Morgan fingerprint density at radius 1 is 0.857 bits per heavy atom. The molecule has 0 saturated carbocycles. The first-order valence-corrected chi connectivity index (χ1v) is 9.91. The van der Waals surface area contributed by atoms with Gasteiger partial charge < -0.3 is 5.21 Å². The first-order valence-electron chi connectivity index (χ1n) is 9.91. The number of nitrogens with zero attached hydrogens (tertiary/aromatic N) is 1. The van der Waals surface area contributed by atoms with Gasteiger partial charge in [0.2, 0.25) is 0 Å². The van der Waals surface area contributed by atoms with Gasteiger partial charge in [0.05, 0.1) is 0 Å². The Balaban J connectivity index is 1.64. The molecule has 4 nitrogen and oxygen atoms in total. The molecule has 0 amide bonds. The minimum absolute atomic E-state index is 0.0714. The molecular weight excluding hydrogens is 350 g/mol. The van der Waals surface area contributed by atoms with Crippen LogP contribution in [-0.2, 0) is 6.42 Å². The van der Waals surface area contributed by atoms with Crippen molar-refractivity contribution in [3.05, 3.63) is 70.3 Å². The minimum Gasteiger partial charge on any atom is -0.313 e. The zero-order valence-corrected chi connectivity index (χ0v) is 17.0. The molecule has 0 spiro atoms. The lowest BCUT2D eigenvalue weighted by Gasteiger charge is -2.51. The lowest BCUT2D eigenvalue weighted by Crippen LogP contribution is -2.59. The van der Waals surface area contributed by atoms with E-state index in [1.165, 1.54) is 5.06 Å². The van der Waals surface area contributed by atoms with E-state index in [0.29, 0.717) is 28.2 Å². The van der Waals surface area contributed by atoms with Crippen molar-refractivity contribution in [1.29, 1.82) is 0 Å². The third-order valence-electron chi connectivity index (χ3n) is 6.24. The standard InChI is InChI=1S/C24H27NO3/c1-23(2)13-16(14-24(3,4)25(23)28)11-15-9-10-19-20(12-15)22(27)18-8-6-5-7-17(18)21(19)26/h5-10,12,16,28H,11,13-14H2,1-4H3. The summed E-state index contributed by atoms with van der Waals surface area (Å²) < 4.78 is 0. The predicted octanol–water partition coefficient (Wildman–Crippen LogP) is 4.66.